The molecule has 2 N–H and O–H groups in total. The molecule has 0 radical (unpaired) electrons. The Labute approximate surface area is 146 Å². The molecule has 1 amide bonds. The number of thioether (sulfide) groups is 1. The van der Waals surface area contributed by atoms with E-state index in [2.05, 4.69) is 21.5 Å². The molecule has 1 atom stereocenters. The molecule has 1 aromatic heterocycles. The molecule has 0 spiro atoms. The smallest absolute Gasteiger partial charge is 0.225 e. The number of aromatic amines is 1. The number of aromatic nitrogens is 2. The molecule has 3 aromatic rings. The number of nitrogens with zero attached hydrogens (tertiary/aromatic N) is 1. The third-order valence-corrected chi connectivity index (χ3v) is 4.54. The van der Waals surface area contributed by atoms with Gasteiger partial charge in [0.25, 0.3) is 0 Å². The normalized spacial score (nSPS) is 12.2. The Kier molecular flexibility index (Phi) is 5.54. The van der Waals surface area contributed by atoms with Crippen molar-refractivity contribution in [3.8, 4) is 0 Å². The van der Waals surface area contributed by atoms with Crippen LogP contribution < -0.4 is 5.32 Å². The van der Waals surface area contributed by atoms with Crippen LogP contribution in [0.5, 0.6) is 0 Å². The average Bonchev–Trinajstić information content (AvgIpc) is 3.03. The fourth-order valence-corrected chi connectivity index (χ4v) is 3.15. The molecule has 24 heavy (non-hydrogen) atoms. The highest BCUT2D eigenvalue weighted by atomic mass is 32.2. The van der Waals surface area contributed by atoms with Gasteiger partial charge in [0.15, 0.2) is 0 Å². The summed E-state index contributed by atoms with van der Waals surface area (Å²) in [6, 6.07) is 17.6. The van der Waals surface area contributed by atoms with Crippen LogP contribution in [0.15, 0.2) is 54.6 Å². The highest BCUT2D eigenvalue weighted by Crippen LogP contribution is 2.20. The van der Waals surface area contributed by atoms with Gasteiger partial charge < -0.3 is 10.3 Å². The molecule has 0 aliphatic heterocycles. The first kappa shape index (κ1) is 16.6. The standard InChI is InChI=1S/C19H21N3OS/c1-24-12-11-17(19-21-15-9-5-6-10-16(15)22-19)20-18(23)13-14-7-3-2-4-8-14/h2-10,17H,11-13H2,1H3,(H,20,23)(H,21,22)/t17-/m0/s1. The maximum Gasteiger partial charge on any atom is 0.225 e. The summed E-state index contributed by atoms with van der Waals surface area (Å²) in [6.07, 6.45) is 3.31. The Bertz CT molecular complexity index is 767. The van der Waals surface area contributed by atoms with E-state index in [4.69, 9.17) is 0 Å². The minimum atomic E-state index is -0.0962. The van der Waals surface area contributed by atoms with Gasteiger partial charge in [0, 0.05) is 0 Å². The van der Waals surface area contributed by atoms with Gasteiger partial charge in [-0.25, -0.2) is 4.98 Å². The fraction of sp³-hybridized carbons (Fsp3) is 0.263. The Balaban J connectivity index is 1.74. The van der Waals surface area contributed by atoms with E-state index < -0.39 is 0 Å². The topological polar surface area (TPSA) is 57.8 Å². The molecule has 1 heterocycles. The van der Waals surface area contributed by atoms with Gasteiger partial charge in [-0.15, -0.1) is 0 Å². The molecule has 5 heteroatoms. The lowest BCUT2D eigenvalue weighted by atomic mass is 10.1. The van der Waals surface area contributed by atoms with Crippen LogP contribution in [0.4, 0.5) is 0 Å². The summed E-state index contributed by atoms with van der Waals surface area (Å²) >= 11 is 1.77. The number of para-hydroxylation sites is 2. The van der Waals surface area contributed by atoms with Gasteiger partial charge in [0.2, 0.25) is 5.91 Å². The van der Waals surface area contributed by atoms with Crippen molar-refractivity contribution in [2.24, 2.45) is 0 Å². The first-order chi connectivity index (χ1) is 11.8. The molecule has 0 unspecified atom stereocenters. The quantitative estimate of drug-likeness (QED) is 0.690. The minimum Gasteiger partial charge on any atom is -0.346 e. The van der Waals surface area contributed by atoms with Gasteiger partial charge in [-0.05, 0) is 36.1 Å². The van der Waals surface area contributed by atoms with Crippen LogP contribution >= 0.6 is 11.8 Å². The summed E-state index contributed by atoms with van der Waals surface area (Å²) in [5.74, 6) is 1.81. The highest BCUT2D eigenvalue weighted by Gasteiger charge is 2.18. The summed E-state index contributed by atoms with van der Waals surface area (Å²) in [5.41, 5.74) is 2.95. The Hall–Kier alpha value is -2.27. The number of hydrogen-bond donors (Lipinski definition) is 2. The van der Waals surface area contributed by atoms with E-state index in [9.17, 15) is 4.79 Å². The Morgan fingerprint density at radius 1 is 1.17 bits per heavy atom. The van der Waals surface area contributed by atoms with Crippen molar-refractivity contribution < 1.29 is 4.79 Å². The van der Waals surface area contributed by atoms with Crippen molar-refractivity contribution in [3.63, 3.8) is 0 Å². The second-order valence-corrected chi connectivity index (χ2v) is 6.69. The monoisotopic (exact) mass is 339 g/mol. The van der Waals surface area contributed by atoms with E-state index >= 15 is 0 Å². The van der Waals surface area contributed by atoms with Crippen molar-refractivity contribution in [3.05, 3.63) is 66.0 Å². The summed E-state index contributed by atoms with van der Waals surface area (Å²) in [5, 5.41) is 3.13. The summed E-state index contributed by atoms with van der Waals surface area (Å²) < 4.78 is 0. The van der Waals surface area contributed by atoms with Crippen LogP contribution in [0, 0.1) is 0 Å². The average molecular weight is 339 g/mol. The van der Waals surface area contributed by atoms with Crippen LogP contribution in [-0.2, 0) is 11.2 Å². The van der Waals surface area contributed by atoms with Gasteiger partial charge in [-0.1, -0.05) is 42.5 Å². The van der Waals surface area contributed by atoms with Crippen LogP contribution in [0.2, 0.25) is 0 Å². The number of benzene rings is 2. The number of amides is 1. The van der Waals surface area contributed by atoms with E-state index in [1.165, 1.54) is 0 Å². The molecule has 0 aliphatic carbocycles. The molecule has 124 valence electrons. The van der Waals surface area contributed by atoms with Crippen molar-refractivity contribution in [1.82, 2.24) is 15.3 Å². The van der Waals surface area contributed by atoms with Gasteiger partial charge in [-0.2, -0.15) is 11.8 Å². The van der Waals surface area contributed by atoms with E-state index in [0.717, 1.165) is 34.6 Å². The second-order valence-electron chi connectivity index (χ2n) is 5.70. The number of nitrogens with one attached hydrogen (secondary N) is 2. The van der Waals surface area contributed by atoms with E-state index in [-0.39, 0.29) is 11.9 Å². The number of rotatable bonds is 7. The van der Waals surface area contributed by atoms with Gasteiger partial charge in [0.05, 0.1) is 23.5 Å². The van der Waals surface area contributed by atoms with E-state index in [1.807, 2.05) is 54.6 Å². The zero-order chi connectivity index (χ0) is 16.8. The first-order valence-electron chi connectivity index (χ1n) is 8.03. The van der Waals surface area contributed by atoms with Crippen LogP contribution in [0.25, 0.3) is 11.0 Å². The second kappa shape index (κ2) is 8.02. The van der Waals surface area contributed by atoms with Crippen molar-refractivity contribution >= 4 is 28.7 Å². The molecule has 4 nitrogen and oxygen atoms in total. The molecule has 0 saturated heterocycles. The van der Waals surface area contributed by atoms with Crippen molar-refractivity contribution in [2.45, 2.75) is 18.9 Å². The molecule has 2 aromatic carbocycles. The third kappa shape index (κ3) is 4.17. The van der Waals surface area contributed by atoms with Gasteiger partial charge >= 0.3 is 0 Å². The van der Waals surface area contributed by atoms with Crippen LogP contribution in [-0.4, -0.2) is 27.9 Å². The number of hydrogen-bond acceptors (Lipinski definition) is 3. The predicted octanol–water partition coefficient (Wildman–Crippen LogP) is 3.72. The molecular weight excluding hydrogens is 318 g/mol. The van der Waals surface area contributed by atoms with Crippen molar-refractivity contribution in [1.29, 1.82) is 0 Å². The third-order valence-electron chi connectivity index (χ3n) is 3.89. The lowest BCUT2D eigenvalue weighted by Gasteiger charge is -2.16. The minimum absolute atomic E-state index is 0.0211. The van der Waals surface area contributed by atoms with Crippen LogP contribution in [0.1, 0.15) is 23.9 Å². The lowest BCUT2D eigenvalue weighted by molar-refractivity contribution is -0.121. The van der Waals surface area contributed by atoms with E-state index in [0.29, 0.717) is 6.42 Å². The predicted molar refractivity (Wildman–Crippen MR) is 100 cm³/mol. The molecule has 0 bridgehead atoms. The van der Waals surface area contributed by atoms with Crippen LogP contribution in [0.3, 0.4) is 0 Å². The maximum atomic E-state index is 12.4. The first-order valence-corrected chi connectivity index (χ1v) is 9.42. The number of carbonyl (C=O) groups excluding carboxylic acids is 1. The summed E-state index contributed by atoms with van der Waals surface area (Å²) in [4.78, 5) is 20.4. The lowest BCUT2D eigenvalue weighted by Crippen LogP contribution is -2.31. The molecular formula is C19H21N3OS. The number of fused-ring (bicyclic) bond motifs is 1. The van der Waals surface area contributed by atoms with Crippen molar-refractivity contribution in [2.75, 3.05) is 12.0 Å². The number of carbonyl (C=O) groups is 1. The Morgan fingerprint density at radius 3 is 2.67 bits per heavy atom. The maximum absolute atomic E-state index is 12.4. The SMILES string of the molecule is CSCC[C@H](NC(=O)Cc1ccccc1)c1nc2ccccc2[nH]1. The Morgan fingerprint density at radius 2 is 1.92 bits per heavy atom. The molecule has 3 rings (SSSR count). The summed E-state index contributed by atoms with van der Waals surface area (Å²) in [7, 11) is 0. The number of H-pyrrole nitrogens is 1. The molecule has 0 saturated carbocycles. The highest BCUT2D eigenvalue weighted by molar-refractivity contribution is 7.98. The largest absolute Gasteiger partial charge is 0.346 e. The van der Waals surface area contributed by atoms with E-state index in [1.54, 1.807) is 11.8 Å². The van der Waals surface area contributed by atoms with Gasteiger partial charge in [0.1, 0.15) is 5.82 Å². The zero-order valence-electron chi connectivity index (χ0n) is 13.7. The van der Waals surface area contributed by atoms with Gasteiger partial charge in [-0.3, -0.25) is 4.79 Å². The summed E-state index contributed by atoms with van der Waals surface area (Å²) in [6.45, 7) is 0. The molecule has 0 fully saturated rings. The zero-order valence-corrected chi connectivity index (χ0v) is 14.5. The fourth-order valence-electron chi connectivity index (χ4n) is 2.68. The molecule has 0 aliphatic rings. The number of imidazole rings is 1.